The van der Waals surface area contributed by atoms with E-state index in [1.54, 1.807) is 42.3 Å². The van der Waals surface area contributed by atoms with Gasteiger partial charge in [0.15, 0.2) is 23.8 Å². The minimum Gasteiger partial charge on any atom is -0.493 e. The lowest BCUT2D eigenvalue weighted by atomic mass is 10.2. The molecule has 10 heteroatoms. The maximum atomic E-state index is 12.4. The number of aromatic nitrogens is 4. The summed E-state index contributed by atoms with van der Waals surface area (Å²) in [7, 11) is 1.55. The van der Waals surface area contributed by atoms with Gasteiger partial charge in [-0.15, -0.1) is 0 Å². The van der Waals surface area contributed by atoms with Gasteiger partial charge in [0, 0.05) is 11.4 Å². The molecule has 2 aromatic carbocycles. The Morgan fingerprint density at radius 2 is 1.94 bits per heavy atom. The Morgan fingerprint density at radius 3 is 2.76 bits per heavy atom. The lowest BCUT2D eigenvalue weighted by Crippen LogP contribution is -2.20. The summed E-state index contributed by atoms with van der Waals surface area (Å²) in [6, 6.07) is 16.5. The van der Waals surface area contributed by atoms with Gasteiger partial charge in [-0.1, -0.05) is 18.2 Å². The second kappa shape index (κ2) is 10.1. The molecule has 0 aliphatic carbocycles. The summed E-state index contributed by atoms with van der Waals surface area (Å²) in [4.78, 5) is 20.9. The molecule has 0 fully saturated rings. The van der Waals surface area contributed by atoms with E-state index in [1.807, 2.05) is 24.3 Å². The standard InChI is InChI=1S/C23H21N7O3/c1-32-19-8-2-3-9-20(19)33-14-21(31)28-16-6-4-7-17(12-16)29-22-18-13-27-30(11-5-10-24)23(18)26-15-25-22/h2-4,6-9,12-13,15H,5,11,14H2,1H3,(H,28,31)(H,25,26,29). The zero-order chi connectivity index (χ0) is 23.0. The number of nitrogens with zero attached hydrogens (tertiary/aromatic N) is 5. The number of carbonyl (C=O) groups is 1. The minimum absolute atomic E-state index is 0.160. The van der Waals surface area contributed by atoms with Crippen molar-refractivity contribution in [3.8, 4) is 17.6 Å². The molecule has 0 aliphatic rings. The number of para-hydroxylation sites is 2. The first kappa shape index (κ1) is 21.6. The zero-order valence-electron chi connectivity index (χ0n) is 17.9. The first-order chi connectivity index (χ1) is 16.2. The van der Waals surface area contributed by atoms with E-state index in [9.17, 15) is 4.79 Å². The average Bonchev–Trinajstić information content (AvgIpc) is 3.26. The number of benzene rings is 2. The molecule has 2 heterocycles. The Hall–Kier alpha value is -4.65. The zero-order valence-corrected chi connectivity index (χ0v) is 17.9. The van der Waals surface area contributed by atoms with Crippen LogP contribution in [-0.2, 0) is 11.3 Å². The molecule has 0 aliphatic heterocycles. The predicted octanol–water partition coefficient (Wildman–Crippen LogP) is 3.51. The lowest BCUT2D eigenvalue weighted by Gasteiger charge is -2.12. The van der Waals surface area contributed by atoms with Crippen LogP contribution in [0, 0.1) is 11.3 Å². The Morgan fingerprint density at radius 1 is 1.12 bits per heavy atom. The number of rotatable bonds is 9. The van der Waals surface area contributed by atoms with Gasteiger partial charge in [-0.3, -0.25) is 4.79 Å². The number of ether oxygens (including phenoxy) is 2. The van der Waals surface area contributed by atoms with Crippen LogP contribution in [-0.4, -0.2) is 39.4 Å². The topological polar surface area (TPSA) is 127 Å². The highest BCUT2D eigenvalue weighted by atomic mass is 16.5. The van der Waals surface area contributed by atoms with Gasteiger partial charge >= 0.3 is 0 Å². The normalized spacial score (nSPS) is 10.4. The minimum atomic E-state index is -0.304. The number of nitriles is 1. The molecular formula is C23H21N7O3. The van der Waals surface area contributed by atoms with Crippen molar-refractivity contribution < 1.29 is 14.3 Å². The maximum absolute atomic E-state index is 12.4. The molecule has 10 nitrogen and oxygen atoms in total. The summed E-state index contributed by atoms with van der Waals surface area (Å²) >= 11 is 0. The van der Waals surface area contributed by atoms with Crippen LogP contribution in [0.15, 0.2) is 61.1 Å². The highest BCUT2D eigenvalue weighted by molar-refractivity contribution is 5.93. The fourth-order valence-electron chi connectivity index (χ4n) is 3.20. The quantitative estimate of drug-likeness (QED) is 0.402. The molecule has 4 rings (SSSR count). The van der Waals surface area contributed by atoms with Gasteiger partial charge in [-0.05, 0) is 30.3 Å². The van der Waals surface area contributed by atoms with Crippen molar-refractivity contribution in [1.82, 2.24) is 19.7 Å². The largest absolute Gasteiger partial charge is 0.493 e. The molecule has 2 N–H and O–H groups in total. The van der Waals surface area contributed by atoms with E-state index < -0.39 is 0 Å². The fraction of sp³-hybridized carbons (Fsp3) is 0.174. The molecule has 0 spiro atoms. The maximum Gasteiger partial charge on any atom is 0.262 e. The van der Waals surface area contributed by atoms with E-state index in [-0.39, 0.29) is 12.5 Å². The van der Waals surface area contributed by atoms with Gasteiger partial charge in [0.2, 0.25) is 0 Å². The summed E-state index contributed by atoms with van der Waals surface area (Å²) in [5.41, 5.74) is 1.97. The highest BCUT2D eigenvalue weighted by Crippen LogP contribution is 2.26. The summed E-state index contributed by atoms with van der Waals surface area (Å²) in [6.07, 6.45) is 3.44. The highest BCUT2D eigenvalue weighted by Gasteiger charge is 2.11. The molecule has 0 saturated carbocycles. The first-order valence-electron chi connectivity index (χ1n) is 10.1. The number of methoxy groups -OCH3 is 1. The van der Waals surface area contributed by atoms with Gasteiger partial charge in [0.25, 0.3) is 5.91 Å². The summed E-state index contributed by atoms with van der Waals surface area (Å²) in [5.74, 6) is 1.32. The third kappa shape index (κ3) is 5.16. The molecule has 4 aromatic rings. The van der Waals surface area contributed by atoms with Crippen molar-refractivity contribution >= 4 is 34.1 Å². The molecule has 2 aromatic heterocycles. The van der Waals surface area contributed by atoms with Crippen LogP contribution in [0.3, 0.4) is 0 Å². The Bertz CT molecular complexity index is 1310. The molecule has 0 unspecified atom stereocenters. The Labute approximate surface area is 189 Å². The molecule has 1 amide bonds. The number of hydrogen-bond donors (Lipinski definition) is 2. The summed E-state index contributed by atoms with van der Waals surface area (Å²) in [5, 5.41) is 19.9. The summed E-state index contributed by atoms with van der Waals surface area (Å²) in [6.45, 7) is 0.293. The van der Waals surface area contributed by atoms with E-state index in [1.165, 1.54) is 6.33 Å². The van der Waals surface area contributed by atoms with E-state index in [4.69, 9.17) is 14.7 Å². The van der Waals surface area contributed by atoms with Crippen LogP contribution in [0.2, 0.25) is 0 Å². The van der Waals surface area contributed by atoms with E-state index in [2.05, 4.69) is 31.8 Å². The second-order valence-corrected chi connectivity index (χ2v) is 6.93. The van der Waals surface area contributed by atoms with Crippen LogP contribution >= 0.6 is 0 Å². The lowest BCUT2D eigenvalue weighted by molar-refractivity contribution is -0.118. The van der Waals surface area contributed by atoms with Crippen LogP contribution in [0.25, 0.3) is 11.0 Å². The third-order valence-corrected chi connectivity index (χ3v) is 4.71. The molecular weight excluding hydrogens is 422 g/mol. The van der Waals surface area contributed by atoms with E-state index in [0.717, 1.165) is 11.1 Å². The first-order valence-corrected chi connectivity index (χ1v) is 10.1. The van der Waals surface area contributed by atoms with Gasteiger partial charge in [-0.25, -0.2) is 14.6 Å². The number of nitrogens with one attached hydrogen (secondary N) is 2. The number of fused-ring (bicyclic) bond motifs is 1. The predicted molar refractivity (Wildman–Crippen MR) is 122 cm³/mol. The Kier molecular flexibility index (Phi) is 6.61. The van der Waals surface area contributed by atoms with Crippen LogP contribution < -0.4 is 20.1 Å². The number of carbonyl (C=O) groups excluding carboxylic acids is 1. The van der Waals surface area contributed by atoms with Gasteiger partial charge < -0.3 is 20.1 Å². The van der Waals surface area contributed by atoms with Crippen molar-refractivity contribution in [3.05, 3.63) is 61.1 Å². The number of hydrogen-bond acceptors (Lipinski definition) is 8. The SMILES string of the molecule is COc1ccccc1OCC(=O)Nc1cccc(Nc2ncnc3c2cnn3CCC#N)c1. The van der Waals surface area contributed by atoms with Crippen molar-refractivity contribution in [2.24, 2.45) is 0 Å². The van der Waals surface area contributed by atoms with Crippen LogP contribution in [0.1, 0.15) is 6.42 Å². The smallest absolute Gasteiger partial charge is 0.262 e. The van der Waals surface area contributed by atoms with Crippen LogP contribution in [0.5, 0.6) is 11.5 Å². The molecule has 0 atom stereocenters. The average molecular weight is 443 g/mol. The van der Waals surface area contributed by atoms with Crippen molar-refractivity contribution in [2.75, 3.05) is 24.4 Å². The number of amides is 1. The molecule has 0 bridgehead atoms. The van der Waals surface area contributed by atoms with Crippen molar-refractivity contribution in [2.45, 2.75) is 13.0 Å². The molecule has 33 heavy (non-hydrogen) atoms. The number of anilines is 3. The number of aryl methyl sites for hydroxylation is 1. The van der Waals surface area contributed by atoms with E-state index in [0.29, 0.717) is 41.6 Å². The fourth-order valence-corrected chi connectivity index (χ4v) is 3.20. The van der Waals surface area contributed by atoms with Gasteiger partial charge in [0.05, 0.1) is 37.7 Å². The van der Waals surface area contributed by atoms with Crippen molar-refractivity contribution in [3.63, 3.8) is 0 Å². The molecule has 166 valence electrons. The van der Waals surface area contributed by atoms with Crippen LogP contribution in [0.4, 0.5) is 17.2 Å². The monoisotopic (exact) mass is 443 g/mol. The van der Waals surface area contributed by atoms with Gasteiger partial charge in [0.1, 0.15) is 12.1 Å². The molecule has 0 radical (unpaired) electrons. The Balaban J connectivity index is 1.42. The van der Waals surface area contributed by atoms with Crippen molar-refractivity contribution in [1.29, 1.82) is 5.26 Å². The van der Waals surface area contributed by atoms with Gasteiger partial charge in [-0.2, -0.15) is 10.4 Å². The van der Waals surface area contributed by atoms with E-state index >= 15 is 0 Å². The summed E-state index contributed by atoms with van der Waals surface area (Å²) < 4.78 is 12.5. The third-order valence-electron chi connectivity index (χ3n) is 4.71. The molecule has 0 saturated heterocycles. The second-order valence-electron chi connectivity index (χ2n) is 6.93.